The van der Waals surface area contributed by atoms with E-state index in [9.17, 15) is 9.59 Å². The molecule has 0 unspecified atom stereocenters. The smallest absolute Gasteiger partial charge is 0.227 e. The maximum absolute atomic E-state index is 12.3. The van der Waals surface area contributed by atoms with E-state index in [1.165, 1.54) is 0 Å². The van der Waals surface area contributed by atoms with Crippen molar-refractivity contribution in [2.45, 2.75) is 25.7 Å². The third kappa shape index (κ3) is 4.49. The van der Waals surface area contributed by atoms with Crippen LogP contribution in [-0.2, 0) is 16.0 Å². The van der Waals surface area contributed by atoms with Crippen molar-refractivity contribution in [3.63, 3.8) is 0 Å². The van der Waals surface area contributed by atoms with Gasteiger partial charge in [-0.05, 0) is 36.8 Å². The maximum atomic E-state index is 12.3. The van der Waals surface area contributed by atoms with Crippen molar-refractivity contribution >= 4 is 34.8 Å². The lowest BCUT2D eigenvalue weighted by molar-refractivity contribution is -0.117. The fourth-order valence-electron chi connectivity index (χ4n) is 3.33. The van der Waals surface area contributed by atoms with Crippen molar-refractivity contribution in [2.75, 3.05) is 16.8 Å². The van der Waals surface area contributed by atoms with Crippen LogP contribution in [0.5, 0.6) is 0 Å². The van der Waals surface area contributed by atoms with Gasteiger partial charge in [0.15, 0.2) is 11.7 Å². The molecule has 7 heteroatoms. The van der Waals surface area contributed by atoms with Gasteiger partial charge in [-0.2, -0.15) is 0 Å². The summed E-state index contributed by atoms with van der Waals surface area (Å²) in [6.45, 7) is 0.716. The average Bonchev–Trinajstić information content (AvgIpc) is 3.36. The van der Waals surface area contributed by atoms with Crippen LogP contribution in [-0.4, -0.2) is 23.3 Å². The van der Waals surface area contributed by atoms with Gasteiger partial charge in [-0.1, -0.05) is 29.8 Å². The molecule has 6 nitrogen and oxygen atoms in total. The molecule has 1 saturated heterocycles. The van der Waals surface area contributed by atoms with Gasteiger partial charge in [-0.15, -0.1) is 0 Å². The third-order valence-corrected chi connectivity index (χ3v) is 5.10. The summed E-state index contributed by atoms with van der Waals surface area (Å²) in [6, 6.07) is 14.7. The van der Waals surface area contributed by atoms with Gasteiger partial charge in [-0.3, -0.25) is 9.59 Å². The third-order valence-electron chi connectivity index (χ3n) is 4.77. The molecule has 1 aliphatic rings. The molecule has 0 spiro atoms. The van der Waals surface area contributed by atoms with Crippen molar-refractivity contribution in [2.24, 2.45) is 0 Å². The summed E-state index contributed by atoms with van der Waals surface area (Å²) >= 11 is 6.18. The maximum Gasteiger partial charge on any atom is 0.227 e. The average molecular weight is 410 g/mol. The molecule has 0 atom stereocenters. The molecular formula is C22H20ClN3O3. The Morgan fingerprint density at radius 2 is 2.07 bits per heavy atom. The number of oxazole rings is 1. The minimum absolute atomic E-state index is 0.117. The van der Waals surface area contributed by atoms with Gasteiger partial charge in [0.25, 0.3) is 0 Å². The molecule has 29 heavy (non-hydrogen) atoms. The second kappa shape index (κ2) is 8.49. The highest BCUT2D eigenvalue weighted by Crippen LogP contribution is 2.28. The highest BCUT2D eigenvalue weighted by molar-refractivity contribution is 6.33. The molecule has 0 aliphatic carbocycles. The van der Waals surface area contributed by atoms with E-state index in [2.05, 4.69) is 10.3 Å². The summed E-state index contributed by atoms with van der Waals surface area (Å²) in [5, 5.41) is 3.46. The zero-order valence-corrected chi connectivity index (χ0v) is 16.5. The minimum Gasteiger partial charge on any atom is -0.441 e. The molecule has 0 saturated carbocycles. The SMILES string of the molecule is O=C(CCc1ncc(-c2ccccc2Cl)o1)Nc1cccc(N2CCCC2=O)c1. The Kier molecular flexibility index (Phi) is 5.62. The fraction of sp³-hybridized carbons (Fsp3) is 0.227. The van der Waals surface area contributed by atoms with E-state index in [0.29, 0.717) is 41.7 Å². The number of rotatable bonds is 6. The second-order valence-corrected chi connectivity index (χ2v) is 7.25. The van der Waals surface area contributed by atoms with E-state index in [1.54, 1.807) is 17.2 Å². The molecule has 1 aromatic heterocycles. The number of nitrogens with zero attached hydrogens (tertiary/aromatic N) is 2. The molecule has 1 fully saturated rings. The second-order valence-electron chi connectivity index (χ2n) is 6.85. The van der Waals surface area contributed by atoms with E-state index in [0.717, 1.165) is 17.7 Å². The predicted octanol–water partition coefficient (Wildman–Crippen LogP) is 4.69. The monoisotopic (exact) mass is 409 g/mol. The highest BCUT2D eigenvalue weighted by atomic mass is 35.5. The molecule has 1 N–H and O–H groups in total. The molecule has 2 heterocycles. The molecule has 0 radical (unpaired) electrons. The van der Waals surface area contributed by atoms with Crippen molar-refractivity contribution in [3.8, 4) is 11.3 Å². The summed E-state index contributed by atoms with van der Waals surface area (Å²) < 4.78 is 5.73. The predicted molar refractivity (Wildman–Crippen MR) is 112 cm³/mol. The van der Waals surface area contributed by atoms with E-state index < -0.39 is 0 Å². The van der Waals surface area contributed by atoms with Crippen LogP contribution < -0.4 is 10.2 Å². The van der Waals surface area contributed by atoms with Crippen molar-refractivity contribution in [3.05, 3.63) is 65.6 Å². The fourth-order valence-corrected chi connectivity index (χ4v) is 3.56. The first kappa shape index (κ1) is 19.2. The number of benzene rings is 2. The number of amides is 2. The standard InChI is InChI=1S/C22H20ClN3O3/c23-18-8-2-1-7-17(18)19-14-24-21(29-19)11-10-20(27)25-15-5-3-6-16(13-15)26-12-4-9-22(26)28/h1-3,5-8,13-14H,4,9-12H2,(H,25,27). The summed E-state index contributed by atoms with van der Waals surface area (Å²) in [5.74, 6) is 1.03. The summed E-state index contributed by atoms with van der Waals surface area (Å²) in [4.78, 5) is 30.2. The number of carbonyl (C=O) groups is 2. The lowest BCUT2D eigenvalue weighted by Gasteiger charge is -2.16. The van der Waals surface area contributed by atoms with Crippen molar-refractivity contribution < 1.29 is 14.0 Å². The van der Waals surface area contributed by atoms with Crippen LogP contribution in [0.4, 0.5) is 11.4 Å². The normalized spacial score (nSPS) is 13.7. The van der Waals surface area contributed by atoms with Gasteiger partial charge in [-0.25, -0.2) is 4.98 Å². The Labute approximate surface area is 173 Å². The van der Waals surface area contributed by atoms with Gasteiger partial charge in [0.1, 0.15) is 0 Å². The molecule has 1 aliphatic heterocycles. The number of halogens is 1. The Bertz CT molecular complexity index is 1050. The summed E-state index contributed by atoms with van der Waals surface area (Å²) in [7, 11) is 0. The van der Waals surface area contributed by atoms with Crippen LogP contribution in [0.3, 0.4) is 0 Å². The zero-order chi connectivity index (χ0) is 20.2. The molecule has 2 amide bonds. The van der Waals surface area contributed by atoms with E-state index >= 15 is 0 Å². The Morgan fingerprint density at radius 1 is 1.21 bits per heavy atom. The highest BCUT2D eigenvalue weighted by Gasteiger charge is 2.21. The van der Waals surface area contributed by atoms with Crippen LogP contribution in [0.15, 0.2) is 59.1 Å². The first-order valence-electron chi connectivity index (χ1n) is 9.50. The minimum atomic E-state index is -0.146. The first-order chi connectivity index (χ1) is 14.1. The van der Waals surface area contributed by atoms with Crippen molar-refractivity contribution in [1.82, 2.24) is 4.98 Å². The number of hydrogen-bond donors (Lipinski definition) is 1. The molecule has 3 aromatic rings. The topological polar surface area (TPSA) is 75.4 Å². The number of aryl methyl sites for hydroxylation is 1. The molecule has 0 bridgehead atoms. The number of aromatic nitrogens is 1. The quantitative estimate of drug-likeness (QED) is 0.640. The lowest BCUT2D eigenvalue weighted by atomic mass is 10.2. The van der Waals surface area contributed by atoms with Gasteiger partial charge < -0.3 is 14.6 Å². The number of hydrogen-bond acceptors (Lipinski definition) is 4. The first-order valence-corrected chi connectivity index (χ1v) is 9.88. The van der Waals surface area contributed by atoms with E-state index in [1.807, 2.05) is 42.5 Å². The summed E-state index contributed by atoms with van der Waals surface area (Å²) in [5.41, 5.74) is 2.24. The molecule has 4 rings (SSSR count). The number of nitrogens with one attached hydrogen (secondary N) is 1. The Balaban J connectivity index is 1.35. The molecule has 2 aromatic carbocycles. The summed E-state index contributed by atoms with van der Waals surface area (Å²) in [6.07, 6.45) is 3.66. The largest absolute Gasteiger partial charge is 0.441 e. The Hall–Kier alpha value is -3.12. The van der Waals surface area contributed by atoms with Crippen LogP contribution in [0, 0.1) is 0 Å². The number of anilines is 2. The van der Waals surface area contributed by atoms with Gasteiger partial charge in [0.05, 0.1) is 11.2 Å². The molecule has 148 valence electrons. The van der Waals surface area contributed by atoms with E-state index in [4.69, 9.17) is 16.0 Å². The van der Waals surface area contributed by atoms with Crippen LogP contribution >= 0.6 is 11.6 Å². The van der Waals surface area contributed by atoms with Crippen LogP contribution in [0.2, 0.25) is 5.02 Å². The van der Waals surface area contributed by atoms with Crippen molar-refractivity contribution in [1.29, 1.82) is 0 Å². The molecular weight excluding hydrogens is 390 g/mol. The van der Waals surface area contributed by atoms with Gasteiger partial charge in [0.2, 0.25) is 11.8 Å². The van der Waals surface area contributed by atoms with Gasteiger partial charge >= 0.3 is 0 Å². The van der Waals surface area contributed by atoms with E-state index in [-0.39, 0.29) is 18.2 Å². The number of carbonyl (C=O) groups excluding carboxylic acids is 2. The van der Waals surface area contributed by atoms with Gasteiger partial charge in [0, 0.05) is 42.7 Å². The van der Waals surface area contributed by atoms with Crippen LogP contribution in [0.25, 0.3) is 11.3 Å². The van der Waals surface area contributed by atoms with Crippen LogP contribution in [0.1, 0.15) is 25.2 Å². The Morgan fingerprint density at radius 3 is 2.86 bits per heavy atom. The zero-order valence-electron chi connectivity index (χ0n) is 15.7. The lowest BCUT2D eigenvalue weighted by Crippen LogP contribution is -2.23.